The van der Waals surface area contributed by atoms with Gasteiger partial charge in [0.25, 0.3) is 0 Å². The predicted octanol–water partition coefficient (Wildman–Crippen LogP) is 3.56. The number of anilines is 2. The molecule has 192 valence electrons. The molecule has 9 nitrogen and oxygen atoms in total. The van der Waals surface area contributed by atoms with E-state index in [0.717, 1.165) is 50.2 Å². The van der Waals surface area contributed by atoms with Crippen molar-refractivity contribution in [2.45, 2.75) is 50.7 Å². The zero-order chi connectivity index (χ0) is 25.0. The van der Waals surface area contributed by atoms with Crippen LogP contribution in [0.3, 0.4) is 0 Å². The SMILES string of the molecule is COCC(F)CN(CCCCc1ccc2c(n1)NCCC2)CCC(Nc1ncncc1Br)C(=O)O. The van der Waals surface area contributed by atoms with Crippen LogP contribution in [0, 0.1) is 0 Å². The number of ether oxygens (including phenoxy) is 1. The lowest BCUT2D eigenvalue weighted by Crippen LogP contribution is -2.38. The summed E-state index contributed by atoms with van der Waals surface area (Å²) < 4.78 is 19.9. The molecule has 0 radical (unpaired) electrons. The van der Waals surface area contributed by atoms with Crippen LogP contribution in [0.1, 0.15) is 36.9 Å². The maximum absolute atomic E-state index is 14.3. The molecule has 1 aliphatic rings. The number of carbonyl (C=O) groups is 1. The Morgan fingerprint density at radius 3 is 3.00 bits per heavy atom. The van der Waals surface area contributed by atoms with Crippen molar-refractivity contribution >= 4 is 33.5 Å². The van der Waals surface area contributed by atoms with Gasteiger partial charge in [0.1, 0.15) is 30.2 Å². The number of hydrogen-bond acceptors (Lipinski definition) is 8. The van der Waals surface area contributed by atoms with E-state index in [-0.39, 0.29) is 13.2 Å². The topological polar surface area (TPSA) is 113 Å². The van der Waals surface area contributed by atoms with Gasteiger partial charge in [0.15, 0.2) is 0 Å². The maximum Gasteiger partial charge on any atom is 0.326 e. The molecule has 2 unspecified atom stereocenters. The molecular weight excluding hydrogens is 519 g/mol. The number of pyridine rings is 1. The minimum absolute atomic E-state index is 0.0109. The average molecular weight is 553 g/mol. The Morgan fingerprint density at radius 2 is 2.23 bits per heavy atom. The highest BCUT2D eigenvalue weighted by Crippen LogP contribution is 2.21. The van der Waals surface area contributed by atoms with Crippen molar-refractivity contribution in [3.8, 4) is 0 Å². The van der Waals surface area contributed by atoms with E-state index in [1.807, 2.05) is 4.90 Å². The molecular formula is C24H34BrFN6O3. The number of carboxylic acid groups (broad SMARTS) is 1. The fourth-order valence-electron chi connectivity index (χ4n) is 4.11. The first-order valence-corrected chi connectivity index (χ1v) is 12.8. The van der Waals surface area contributed by atoms with Crippen molar-refractivity contribution in [1.82, 2.24) is 19.9 Å². The van der Waals surface area contributed by atoms with Gasteiger partial charge >= 0.3 is 5.97 Å². The Balaban J connectivity index is 1.52. The number of unbranched alkanes of at least 4 members (excludes halogenated alkanes) is 1. The van der Waals surface area contributed by atoms with E-state index >= 15 is 0 Å². The van der Waals surface area contributed by atoms with Crippen LogP contribution in [-0.4, -0.2) is 83.0 Å². The molecule has 1 aliphatic heterocycles. The quantitative estimate of drug-likeness (QED) is 0.285. The number of rotatable bonds is 15. The summed E-state index contributed by atoms with van der Waals surface area (Å²) in [5.74, 6) is 0.419. The Bertz CT molecular complexity index is 953. The van der Waals surface area contributed by atoms with Crippen LogP contribution in [0.15, 0.2) is 29.1 Å². The number of aromatic nitrogens is 3. The van der Waals surface area contributed by atoms with Crippen molar-refractivity contribution in [1.29, 1.82) is 0 Å². The Morgan fingerprint density at radius 1 is 1.37 bits per heavy atom. The molecule has 3 rings (SSSR count). The van der Waals surface area contributed by atoms with Gasteiger partial charge in [-0.05, 0) is 72.6 Å². The van der Waals surface area contributed by atoms with Gasteiger partial charge in [0.05, 0.1) is 11.1 Å². The number of nitrogens with zero attached hydrogens (tertiary/aromatic N) is 4. The van der Waals surface area contributed by atoms with Crippen molar-refractivity contribution in [2.24, 2.45) is 0 Å². The summed E-state index contributed by atoms with van der Waals surface area (Å²) in [6.45, 7) is 2.26. The monoisotopic (exact) mass is 552 g/mol. The third-order valence-electron chi connectivity index (χ3n) is 5.92. The van der Waals surface area contributed by atoms with E-state index in [2.05, 4.69) is 48.7 Å². The highest BCUT2D eigenvalue weighted by molar-refractivity contribution is 9.10. The van der Waals surface area contributed by atoms with Crippen LogP contribution < -0.4 is 10.6 Å². The van der Waals surface area contributed by atoms with E-state index in [1.54, 1.807) is 6.20 Å². The van der Waals surface area contributed by atoms with Gasteiger partial charge in [0.2, 0.25) is 0 Å². The molecule has 0 saturated heterocycles. The summed E-state index contributed by atoms with van der Waals surface area (Å²) in [4.78, 5) is 26.5. The predicted molar refractivity (Wildman–Crippen MR) is 137 cm³/mol. The summed E-state index contributed by atoms with van der Waals surface area (Å²) in [6, 6.07) is 3.38. The number of methoxy groups -OCH3 is 1. The van der Waals surface area contributed by atoms with Crippen LogP contribution in [0.25, 0.3) is 0 Å². The third-order valence-corrected chi connectivity index (χ3v) is 6.50. The zero-order valence-electron chi connectivity index (χ0n) is 20.1. The molecule has 0 spiro atoms. The van der Waals surface area contributed by atoms with Gasteiger partial charge in [-0.2, -0.15) is 0 Å². The number of fused-ring (bicyclic) bond motifs is 1. The second kappa shape index (κ2) is 14.3. The lowest BCUT2D eigenvalue weighted by Gasteiger charge is -2.26. The molecule has 0 saturated carbocycles. The molecule has 0 fully saturated rings. The van der Waals surface area contributed by atoms with Crippen LogP contribution in [0.4, 0.5) is 16.0 Å². The average Bonchev–Trinajstić information content (AvgIpc) is 2.85. The van der Waals surface area contributed by atoms with Gasteiger partial charge in [-0.1, -0.05) is 6.07 Å². The number of carboxylic acids is 1. The van der Waals surface area contributed by atoms with Gasteiger partial charge in [0, 0.05) is 38.6 Å². The number of halogens is 2. The van der Waals surface area contributed by atoms with Crippen LogP contribution in [0.2, 0.25) is 0 Å². The van der Waals surface area contributed by atoms with E-state index < -0.39 is 18.2 Å². The lowest BCUT2D eigenvalue weighted by atomic mass is 10.1. The van der Waals surface area contributed by atoms with Gasteiger partial charge in [-0.15, -0.1) is 0 Å². The minimum atomic E-state index is -1.14. The van der Waals surface area contributed by atoms with Crippen LogP contribution >= 0.6 is 15.9 Å². The van der Waals surface area contributed by atoms with Crippen molar-refractivity contribution in [3.63, 3.8) is 0 Å². The first kappa shape index (κ1) is 27.2. The maximum atomic E-state index is 14.3. The van der Waals surface area contributed by atoms with Gasteiger partial charge in [-0.3, -0.25) is 0 Å². The van der Waals surface area contributed by atoms with Gasteiger partial charge < -0.3 is 25.4 Å². The van der Waals surface area contributed by atoms with Crippen LogP contribution in [-0.2, 0) is 22.4 Å². The molecule has 2 aromatic rings. The molecule has 35 heavy (non-hydrogen) atoms. The molecule has 0 aliphatic carbocycles. The van der Waals surface area contributed by atoms with E-state index in [9.17, 15) is 14.3 Å². The number of aliphatic carboxylic acids is 1. The molecule has 11 heteroatoms. The Kier molecular flexibility index (Phi) is 11.1. The Labute approximate surface area is 214 Å². The summed E-state index contributed by atoms with van der Waals surface area (Å²) in [7, 11) is 1.47. The highest BCUT2D eigenvalue weighted by Gasteiger charge is 2.21. The second-order valence-corrected chi connectivity index (χ2v) is 9.55. The molecule has 3 heterocycles. The molecule has 0 bridgehead atoms. The number of nitrogens with one attached hydrogen (secondary N) is 2. The fourth-order valence-corrected chi connectivity index (χ4v) is 4.45. The fraction of sp³-hybridized carbons (Fsp3) is 0.583. The van der Waals surface area contributed by atoms with Gasteiger partial charge in [-0.25, -0.2) is 24.1 Å². The first-order valence-electron chi connectivity index (χ1n) is 12.0. The summed E-state index contributed by atoms with van der Waals surface area (Å²) >= 11 is 3.32. The standard InChI is InChI=1S/C24H34BrFN6O3/c1-35-15-18(26)14-32(12-9-21(24(33)34)31-23-20(25)13-27-16-29-23)11-3-2-6-19-8-7-17-5-4-10-28-22(17)30-19/h7-8,13,16,18,21H,2-6,9-12,14-15H2,1H3,(H,28,30)(H,33,34)(H,27,29,31). The Hall–Kier alpha value is -2.37. The highest BCUT2D eigenvalue weighted by atomic mass is 79.9. The number of alkyl halides is 1. The number of hydrogen-bond donors (Lipinski definition) is 3. The lowest BCUT2D eigenvalue weighted by molar-refractivity contribution is -0.138. The van der Waals surface area contributed by atoms with Crippen molar-refractivity contribution in [2.75, 3.05) is 50.5 Å². The molecule has 0 aromatic carbocycles. The normalized spacial score (nSPS) is 14.7. The summed E-state index contributed by atoms with van der Waals surface area (Å²) in [5.41, 5.74) is 2.33. The minimum Gasteiger partial charge on any atom is -0.480 e. The largest absolute Gasteiger partial charge is 0.480 e. The van der Waals surface area contributed by atoms with E-state index in [4.69, 9.17) is 9.72 Å². The third kappa shape index (κ3) is 8.97. The first-order chi connectivity index (χ1) is 17.0. The smallest absolute Gasteiger partial charge is 0.326 e. The molecule has 2 aromatic heterocycles. The van der Waals surface area contributed by atoms with E-state index in [0.29, 0.717) is 29.8 Å². The molecule has 2 atom stereocenters. The second-order valence-electron chi connectivity index (χ2n) is 8.69. The summed E-state index contributed by atoms with van der Waals surface area (Å²) in [6.07, 6.45) is 6.88. The van der Waals surface area contributed by atoms with E-state index in [1.165, 1.54) is 19.0 Å². The molecule has 0 amide bonds. The molecule has 3 N–H and O–H groups in total. The van der Waals surface area contributed by atoms with Crippen LogP contribution in [0.5, 0.6) is 0 Å². The number of aryl methyl sites for hydroxylation is 2. The summed E-state index contributed by atoms with van der Waals surface area (Å²) in [5, 5.41) is 16.0. The van der Waals surface area contributed by atoms with Crippen molar-refractivity contribution in [3.05, 3.63) is 40.4 Å². The van der Waals surface area contributed by atoms with Crippen molar-refractivity contribution < 1.29 is 19.0 Å². The zero-order valence-corrected chi connectivity index (χ0v) is 21.6.